The van der Waals surface area contributed by atoms with Gasteiger partial charge in [0.25, 0.3) is 6.43 Å². The quantitative estimate of drug-likeness (QED) is 0.559. The molecule has 0 saturated carbocycles. The Morgan fingerprint density at radius 3 is 2.36 bits per heavy atom. The van der Waals surface area contributed by atoms with E-state index in [1.807, 2.05) is 0 Å². The molecule has 0 aromatic heterocycles. The Hall–Kier alpha value is -0.440. The van der Waals surface area contributed by atoms with Gasteiger partial charge in [0, 0.05) is 13.1 Å². The smallest absolute Gasteiger partial charge is 0.251 e. The first kappa shape index (κ1) is 8.65. The molecular weight excluding hydrogens is 148 g/mol. The zero-order chi connectivity index (χ0) is 8.27. The van der Waals surface area contributed by atoms with Gasteiger partial charge in [-0.3, -0.25) is 4.90 Å². The van der Waals surface area contributed by atoms with Gasteiger partial charge in [0.15, 0.2) is 0 Å². The fourth-order valence-electron chi connectivity index (χ4n) is 1.25. The normalized spacial score (nSPS) is 21.2. The standard InChI is InChI=1S/C8H13F2N/c1-7-2-4-11(5-3-7)6-8(9)10/h8H,1-6H2. The Kier molecular flexibility index (Phi) is 3.00. The first-order valence-electron chi connectivity index (χ1n) is 3.85. The van der Waals surface area contributed by atoms with Crippen molar-refractivity contribution in [1.82, 2.24) is 4.90 Å². The Morgan fingerprint density at radius 2 is 1.91 bits per heavy atom. The van der Waals surface area contributed by atoms with Gasteiger partial charge in [0.1, 0.15) is 0 Å². The summed E-state index contributed by atoms with van der Waals surface area (Å²) in [7, 11) is 0. The lowest BCUT2D eigenvalue weighted by molar-refractivity contribution is 0.0845. The van der Waals surface area contributed by atoms with Crippen LogP contribution in [0, 0.1) is 0 Å². The summed E-state index contributed by atoms with van der Waals surface area (Å²) in [6.45, 7) is 5.24. The van der Waals surface area contributed by atoms with Gasteiger partial charge in [-0.1, -0.05) is 12.2 Å². The van der Waals surface area contributed by atoms with E-state index in [9.17, 15) is 8.78 Å². The van der Waals surface area contributed by atoms with Crippen LogP contribution in [-0.2, 0) is 0 Å². The maximum atomic E-state index is 11.9. The van der Waals surface area contributed by atoms with Crippen LogP contribution in [0.3, 0.4) is 0 Å². The highest BCUT2D eigenvalue weighted by Crippen LogP contribution is 2.14. The number of nitrogens with zero attached hydrogens (tertiary/aromatic N) is 1. The minimum atomic E-state index is -2.19. The second-order valence-corrected chi connectivity index (χ2v) is 2.94. The number of rotatable bonds is 2. The third-order valence-corrected chi connectivity index (χ3v) is 1.96. The van der Waals surface area contributed by atoms with E-state index in [0.29, 0.717) is 0 Å². The molecule has 3 heteroatoms. The van der Waals surface area contributed by atoms with Crippen molar-refractivity contribution in [2.24, 2.45) is 0 Å². The molecule has 0 radical (unpaired) electrons. The molecule has 0 unspecified atom stereocenters. The van der Waals surface area contributed by atoms with Gasteiger partial charge in [-0.05, 0) is 12.8 Å². The molecule has 11 heavy (non-hydrogen) atoms. The van der Waals surface area contributed by atoms with Crippen LogP contribution in [0.25, 0.3) is 0 Å². The molecule has 0 aliphatic carbocycles. The van der Waals surface area contributed by atoms with Gasteiger partial charge in [-0.15, -0.1) is 0 Å². The lowest BCUT2D eigenvalue weighted by Crippen LogP contribution is -2.34. The van der Waals surface area contributed by atoms with Crippen molar-refractivity contribution >= 4 is 0 Å². The summed E-state index contributed by atoms with van der Waals surface area (Å²) in [6.07, 6.45) is -0.430. The zero-order valence-corrected chi connectivity index (χ0v) is 6.52. The molecule has 1 heterocycles. The third-order valence-electron chi connectivity index (χ3n) is 1.96. The van der Waals surface area contributed by atoms with E-state index in [1.165, 1.54) is 5.57 Å². The highest BCUT2D eigenvalue weighted by Gasteiger charge is 2.15. The first-order valence-corrected chi connectivity index (χ1v) is 3.85. The summed E-state index contributed by atoms with van der Waals surface area (Å²) >= 11 is 0. The van der Waals surface area contributed by atoms with E-state index >= 15 is 0 Å². The van der Waals surface area contributed by atoms with Crippen molar-refractivity contribution < 1.29 is 8.78 Å². The van der Waals surface area contributed by atoms with Crippen LogP contribution < -0.4 is 0 Å². The SMILES string of the molecule is C=C1CCN(CC(F)F)CC1. The molecule has 1 fully saturated rings. The van der Waals surface area contributed by atoms with Gasteiger partial charge < -0.3 is 0 Å². The van der Waals surface area contributed by atoms with E-state index in [4.69, 9.17) is 0 Å². The molecule has 0 spiro atoms. The van der Waals surface area contributed by atoms with Gasteiger partial charge in [-0.2, -0.15) is 0 Å². The average molecular weight is 161 g/mol. The van der Waals surface area contributed by atoms with Crippen LogP contribution in [-0.4, -0.2) is 31.0 Å². The molecule has 1 aliphatic rings. The molecule has 0 amide bonds. The van der Waals surface area contributed by atoms with Crippen molar-refractivity contribution in [2.75, 3.05) is 19.6 Å². The molecule has 1 rings (SSSR count). The summed E-state index contributed by atoms with van der Waals surface area (Å²) in [6, 6.07) is 0. The Balaban J connectivity index is 2.22. The topological polar surface area (TPSA) is 3.24 Å². The lowest BCUT2D eigenvalue weighted by Gasteiger charge is -2.27. The molecule has 1 saturated heterocycles. The van der Waals surface area contributed by atoms with Crippen LogP contribution in [0.5, 0.6) is 0 Å². The predicted molar refractivity (Wildman–Crippen MR) is 40.8 cm³/mol. The van der Waals surface area contributed by atoms with Crippen LogP contribution >= 0.6 is 0 Å². The van der Waals surface area contributed by atoms with Crippen molar-refractivity contribution in [3.8, 4) is 0 Å². The number of piperidine rings is 1. The first-order chi connectivity index (χ1) is 5.18. The number of alkyl halides is 2. The van der Waals surface area contributed by atoms with E-state index in [-0.39, 0.29) is 6.54 Å². The summed E-state index contributed by atoms with van der Waals surface area (Å²) in [4.78, 5) is 1.79. The maximum Gasteiger partial charge on any atom is 0.251 e. The maximum absolute atomic E-state index is 11.9. The summed E-state index contributed by atoms with van der Waals surface area (Å²) in [5, 5.41) is 0. The van der Waals surface area contributed by atoms with E-state index in [1.54, 1.807) is 4.90 Å². The molecule has 1 nitrogen and oxygen atoms in total. The number of hydrogen-bond donors (Lipinski definition) is 0. The minimum Gasteiger partial charge on any atom is -0.297 e. The largest absolute Gasteiger partial charge is 0.297 e. The molecule has 0 aromatic rings. The molecule has 0 atom stereocenters. The van der Waals surface area contributed by atoms with Crippen LogP contribution in [0.2, 0.25) is 0 Å². The molecule has 0 bridgehead atoms. The lowest BCUT2D eigenvalue weighted by atomic mass is 10.1. The third kappa shape index (κ3) is 2.97. The van der Waals surface area contributed by atoms with E-state index in [2.05, 4.69) is 6.58 Å². The highest BCUT2D eigenvalue weighted by molar-refractivity contribution is 4.98. The Labute approximate surface area is 65.7 Å². The number of halogens is 2. The Bertz CT molecular complexity index is 135. The predicted octanol–water partition coefficient (Wildman–Crippen LogP) is 1.90. The molecule has 0 aromatic carbocycles. The number of hydrogen-bond acceptors (Lipinski definition) is 1. The van der Waals surface area contributed by atoms with Crippen molar-refractivity contribution in [3.05, 3.63) is 12.2 Å². The van der Waals surface area contributed by atoms with Crippen LogP contribution in [0.15, 0.2) is 12.2 Å². The zero-order valence-electron chi connectivity index (χ0n) is 6.52. The van der Waals surface area contributed by atoms with Gasteiger partial charge >= 0.3 is 0 Å². The molecule has 0 N–H and O–H groups in total. The summed E-state index contributed by atoms with van der Waals surface area (Å²) in [5.74, 6) is 0. The summed E-state index contributed by atoms with van der Waals surface area (Å²) < 4.78 is 23.7. The second kappa shape index (κ2) is 3.81. The molecular formula is C8H13F2N. The van der Waals surface area contributed by atoms with Gasteiger partial charge in [0.2, 0.25) is 0 Å². The number of likely N-dealkylation sites (tertiary alicyclic amines) is 1. The second-order valence-electron chi connectivity index (χ2n) is 2.94. The van der Waals surface area contributed by atoms with Crippen LogP contribution in [0.1, 0.15) is 12.8 Å². The molecule has 64 valence electrons. The van der Waals surface area contributed by atoms with E-state index < -0.39 is 6.43 Å². The van der Waals surface area contributed by atoms with Gasteiger partial charge in [0.05, 0.1) is 6.54 Å². The van der Waals surface area contributed by atoms with E-state index in [0.717, 1.165) is 25.9 Å². The van der Waals surface area contributed by atoms with Crippen molar-refractivity contribution in [1.29, 1.82) is 0 Å². The Morgan fingerprint density at radius 1 is 1.36 bits per heavy atom. The molecule has 1 aliphatic heterocycles. The minimum absolute atomic E-state index is 0.0761. The van der Waals surface area contributed by atoms with Crippen molar-refractivity contribution in [3.63, 3.8) is 0 Å². The fraction of sp³-hybridized carbons (Fsp3) is 0.750. The van der Waals surface area contributed by atoms with Crippen LogP contribution in [0.4, 0.5) is 8.78 Å². The highest BCUT2D eigenvalue weighted by atomic mass is 19.3. The summed E-state index contributed by atoms with van der Waals surface area (Å²) in [5.41, 5.74) is 1.19. The van der Waals surface area contributed by atoms with Crippen molar-refractivity contribution in [2.45, 2.75) is 19.3 Å². The monoisotopic (exact) mass is 161 g/mol. The van der Waals surface area contributed by atoms with Gasteiger partial charge in [-0.25, -0.2) is 8.78 Å². The fourth-order valence-corrected chi connectivity index (χ4v) is 1.25. The average Bonchev–Trinajstić information content (AvgIpc) is 1.93.